The fraction of sp³-hybridized carbons (Fsp3) is 0.385. The molecule has 1 saturated heterocycles. The summed E-state index contributed by atoms with van der Waals surface area (Å²) in [5, 5.41) is 17.5. The average Bonchev–Trinajstić information content (AvgIpc) is 2.38. The first-order valence-electron chi connectivity index (χ1n) is 5.79. The number of hydrogen-bond acceptors (Lipinski definition) is 3. The highest BCUT2D eigenvalue weighted by molar-refractivity contribution is 5.70. The molecule has 4 nitrogen and oxygen atoms in total. The monoisotopic (exact) mass is 248 g/mol. The molecule has 0 aliphatic carbocycles. The van der Waals surface area contributed by atoms with Crippen LogP contribution in [-0.2, 0) is 4.79 Å². The lowest BCUT2D eigenvalue weighted by Crippen LogP contribution is -2.36. The molecule has 18 heavy (non-hydrogen) atoms. The second-order valence-electron chi connectivity index (χ2n) is 4.38. The van der Waals surface area contributed by atoms with E-state index in [0.29, 0.717) is 31.6 Å². The molecule has 0 unspecified atom stereocenters. The number of nitriles is 1. The zero-order valence-electron chi connectivity index (χ0n) is 9.77. The Kier molecular flexibility index (Phi) is 3.47. The van der Waals surface area contributed by atoms with Crippen molar-refractivity contribution in [2.45, 2.75) is 12.8 Å². The molecule has 1 N–H and O–H groups in total. The number of rotatable bonds is 2. The maximum absolute atomic E-state index is 13.5. The highest BCUT2D eigenvalue weighted by atomic mass is 19.1. The van der Waals surface area contributed by atoms with E-state index in [0.717, 1.165) is 0 Å². The summed E-state index contributed by atoms with van der Waals surface area (Å²) in [4.78, 5) is 12.8. The molecule has 0 atom stereocenters. The molecular formula is C13H13FN2O2. The van der Waals surface area contributed by atoms with E-state index in [4.69, 9.17) is 10.4 Å². The standard InChI is InChI=1S/C13H13FN2O2/c14-12-7-11(2-1-10(12)8-15)16-5-3-9(4-6-16)13(17)18/h1-2,7,9H,3-6H2,(H,17,18). The molecule has 1 aliphatic heterocycles. The largest absolute Gasteiger partial charge is 0.481 e. The number of benzene rings is 1. The third kappa shape index (κ3) is 2.43. The Bertz CT molecular complexity index is 502. The Morgan fingerprint density at radius 1 is 1.44 bits per heavy atom. The Hall–Kier alpha value is -2.09. The first-order valence-corrected chi connectivity index (χ1v) is 5.79. The summed E-state index contributed by atoms with van der Waals surface area (Å²) in [5.74, 6) is -1.60. The van der Waals surface area contributed by atoms with Crippen molar-refractivity contribution >= 4 is 11.7 Å². The van der Waals surface area contributed by atoms with Crippen LogP contribution in [0.4, 0.5) is 10.1 Å². The van der Waals surface area contributed by atoms with Crippen molar-refractivity contribution in [3.63, 3.8) is 0 Å². The Labute approximate surface area is 104 Å². The van der Waals surface area contributed by atoms with Crippen molar-refractivity contribution in [1.82, 2.24) is 0 Å². The highest BCUT2D eigenvalue weighted by Gasteiger charge is 2.24. The van der Waals surface area contributed by atoms with Gasteiger partial charge in [-0.25, -0.2) is 4.39 Å². The number of carbonyl (C=O) groups is 1. The van der Waals surface area contributed by atoms with Crippen LogP contribution in [0, 0.1) is 23.1 Å². The van der Waals surface area contributed by atoms with Gasteiger partial charge >= 0.3 is 5.97 Å². The van der Waals surface area contributed by atoms with Crippen molar-refractivity contribution in [3.8, 4) is 6.07 Å². The number of nitrogens with zero attached hydrogens (tertiary/aromatic N) is 2. The molecule has 0 spiro atoms. The molecular weight excluding hydrogens is 235 g/mol. The first-order chi connectivity index (χ1) is 8.61. The van der Waals surface area contributed by atoms with Crippen LogP contribution in [0.5, 0.6) is 0 Å². The molecule has 5 heteroatoms. The minimum atomic E-state index is -0.763. The second-order valence-corrected chi connectivity index (χ2v) is 4.38. The molecule has 1 aliphatic rings. The van der Waals surface area contributed by atoms with Crippen LogP contribution in [0.3, 0.4) is 0 Å². The minimum absolute atomic E-state index is 0.0270. The van der Waals surface area contributed by atoms with Gasteiger partial charge in [0, 0.05) is 18.8 Å². The van der Waals surface area contributed by atoms with Gasteiger partial charge in [0.25, 0.3) is 0 Å². The molecule has 1 aromatic rings. The number of halogens is 1. The van der Waals surface area contributed by atoms with Gasteiger partial charge < -0.3 is 10.0 Å². The average molecular weight is 248 g/mol. The van der Waals surface area contributed by atoms with E-state index in [1.165, 1.54) is 12.1 Å². The van der Waals surface area contributed by atoms with Crippen molar-refractivity contribution in [2.24, 2.45) is 5.92 Å². The van der Waals surface area contributed by atoms with Gasteiger partial charge in [0.15, 0.2) is 0 Å². The predicted octanol–water partition coefficient (Wildman–Crippen LogP) is 2.00. The van der Waals surface area contributed by atoms with E-state index in [1.54, 1.807) is 12.1 Å². The quantitative estimate of drug-likeness (QED) is 0.869. The predicted molar refractivity (Wildman–Crippen MR) is 63.7 cm³/mol. The lowest BCUT2D eigenvalue weighted by Gasteiger charge is -2.31. The van der Waals surface area contributed by atoms with E-state index in [-0.39, 0.29) is 11.5 Å². The van der Waals surface area contributed by atoms with Gasteiger partial charge in [0.1, 0.15) is 11.9 Å². The third-order valence-corrected chi connectivity index (χ3v) is 3.28. The molecule has 1 heterocycles. The van der Waals surface area contributed by atoms with Crippen LogP contribution in [0.15, 0.2) is 18.2 Å². The summed E-state index contributed by atoms with van der Waals surface area (Å²) in [6.07, 6.45) is 1.13. The van der Waals surface area contributed by atoms with E-state index in [9.17, 15) is 9.18 Å². The topological polar surface area (TPSA) is 64.3 Å². The highest BCUT2D eigenvalue weighted by Crippen LogP contribution is 2.24. The fourth-order valence-corrected chi connectivity index (χ4v) is 2.18. The molecule has 0 bridgehead atoms. The number of aliphatic carboxylic acids is 1. The summed E-state index contributed by atoms with van der Waals surface area (Å²) >= 11 is 0. The SMILES string of the molecule is N#Cc1ccc(N2CCC(C(=O)O)CC2)cc1F. The summed E-state index contributed by atoms with van der Waals surface area (Å²) in [7, 11) is 0. The minimum Gasteiger partial charge on any atom is -0.481 e. The second kappa shape index (κ2) is 5.05. The molecule has 0 radical (unpaired) electrons. The van der Waals surface area contributed by atoms with Gasteiger partial charge in [-0.15, -0.1) is 0 Å². The van der Waals surface area contributed by atoms with Gasteiger partial charge in [0.05, 0.1) is 11.5 Å². The number of piperidine rings is 1. The van der Waals surface area contributed by atoms with Gasteiger partial charge in [0.2, 0.25) is 0 Å². The molecule has 94 valence electrons. The van der Waals surface area contributed by atoms with Crippen molar-refractivity contribution in [3.05, 3.63) is 29.6 Å². The normalized spacial score (nSPS) is 16.3. The Balaban J connectivity index is 2.08. The van der Waals surface area contributed by atoms with E-state index >= 15 is 0 Å². The molecule has 1 aromatic carbocycles. The van der Waals surface area contributed by atoms with Crippen molar-refractivity contribution in [1.29, 1.82) is 5.26 Å². The zero-order chi connectivity index (χ0) is 13.1. The van der Waals surface area contributed by atoms with Gasteiger partial charge in [-0.1, -0.05) is 0 Å². The summed E-state index contributed by atoms with van der Waals surface area (Å²) < 4.78 is 13.5. The Morgan fingerprint density at radius 3 is 2.61 bits per heavy atom. The number of anilines is 1. The lowest BCUT2D eigenvalue weighted by atomic mass is 9.96. The van der Waals surface area contributed by atoms with Crippen LogP contribution < -0.4 is 4.90 Å². The van der Waals surface area contributed by atoms with Crippen LogP contribution in [-0.4, -0.2) is 24.2 Å². The van der Waals surface area contributed by atoms with Gasteiger partial charge in [-0.3, -0.25) is 4.79 Å². The molecule has 0 saturated carbocycles. The van der Waals surface area contributed by atoms with Crippen LogP contribution in [0.2, 0.25) is 0 Å². The zero-order valence-corrected chi connectivity index (χ0v) is 9.77. The van der Waals surface area contributed by atoms with Crippen LogP contribution >= 0.6 is 0 Å². The Morgan fingerprint density at radius 2 is 2.11 bits per heavy atom. The summed E-state index contributed by atoms with van der Waals surface area (Å²) in [5.41, 5.74) is 0.731. The number of carboxylic acids is 1. The van der Waals surface area contributed by atoms with Crippen molar-refractivity contribution < 1.29 is 14.3 Å². The van der Waals surface area contributed by atoms with Crippen molar-refractivity contribution in [2.75, 3.05) is 18.0 Å². The fourth-order valence-electron chi connectivity index (χ4n) is 2.18. The summed E-state index contributed by atoms with van der Waals surface area (Å²) in [6, 6.07) is 6.26. The first kappa shape index (κ1) is 12.4. The molecule has 2 rings (SSSR count). The van der Waals surface area contributed by atoms with Crippen LogP contribution in [0.25, 0.3) is 0 Å². The van der Waals surface area contributed by atoms with E-state index in [1.807, 2.05) is 4.90 Å². The summed E-state index contributed by atoms with van der Waals surface area (Å²) in [6.45, 7) is 1.20. The van der Waals surface area contributed by atoms with E-state index in [2.05, 4.69) is 0 Å². The van der Waals surface area contributed by atoms with Gasteiger partial charge in [-0.05, 0) is 31.0 Å². The molecule has 1 fully saturated rings. The number of hydrogen-bond donors (Lipinski definition) is 1. The maximum atomic E-state index is 13.5. The van der Waals surface area contributed by atoms with Gasteiger partial charge in [-0.2, -0.15) is 5.26 Å². The smallest absolute Gasteiger partial charge is 0.306 e. The third-order valence-electron chi connectivity index (χ3n) is 3.28. The number of carboxylic acid groups (broad SMARTS) is 1. The lowest BCUT2D eigenvalue weighted by molar-refractivity contribution is -0.142. The van der Waals surface area contributed by atoms with Crippen LogP contribution in [0.1, 0.15) is 18.4 Å². The molecule has 0 aromatic heterocycles. The maximum Gasteiger partial charge on any atom is 0.306 e. The van der Waals surface area contributed by atoms with E-state index < -0.39 is 11.8 Å². The molecule has 0 amide bonds.